The molecule has 3 rings (SSSR count). The van der Waals surface area contributed by atoms with Crippen molar-refractivity contribution in [3.63, 3.8) is 0 Å². The van der Waals surface area contributed by atoms with Gasteiger partial charge in [-0.3, -0.25) is 10.2 Å². The molecule has 8 heteroatoms. The van der Waals surface area contributed by atoms with Crippen LogP contribution in [0.3, 0.4) is 0 Å². The fourth-order valence-electron chi connectivity index (χ4n) is 3.68. The van der Waals surface area contributed by atoms with Crippen molar-refractivity contribution in [3.8, 4) is 0 Å². The van der Waals surface area contributed by atoms with Gasteiger partial charge in [-0.25, -0.2) is 0 Å². The van der Waals surface area contributed by atoms with E-state index in [4.69, 9.17) is 0 Å². The lowest BCUT2D eigenvalue weighted by atomic mass is 9.75. The topological polar surface area (TPSA) is 53.9 Å². The molecule has 0 saturated carbocycles. The molecule has 0 aromatic heterocycles. The molecule has 0 aromatic rings. The molecule has 0 radical (unpaired) electrons. The second-order valence-corrected chi connectivity index (χ2v) is 6.69. The minimum absolute atomic E-state index is 0.0281. The number of fused-ring (bicyclic) bond motifs is 1. The molecule has 24 heavy (non-hydrogen) atoms. The Bertz CT molecular complexity index is 631. The molecule has 3 aliphatic rings. The molecule has 5 nitrogen and oxygen atoms in total. The number of hydrogen-bond acceptors (Lipinski definition) is 4. The number of allylic oxidation sites excluding steroid dienone is 2. The molecule has 1 N–H and O–H groups in total. The summed E-state index contributed by atoms with van der Waals surface area (Å²) in [5, 5.41) is 4.05. The van der Waals surface area contributed by atoms with E-state index in [9.17, 15) is 18.0 Å². The van der Waals surface area contributed by atoms with Gasteiger partial charge in [-0.2, -0.15) is 5.10 Å². The van der Waals surface area contributed by atoms with Crippen molar-refractivity contribution in [1.29, 1.82) is 0 Å². The Morgan fingerprint density at radius 3 is 2.67 bits per heavy atom. The predicted molar refractivity (Wildman–Crippen MR) is 81.9 cm³/mol. The zero-order valence-corrected chi connectivity index (χ0v) is 13.6. The highest BCUT2D eigenvalue weighted by Gasteiger charge is 2.43. The minimum atomic E-state index is -4.71. The van der Waals surface area contributed by atoms with Crippen LogP contribution in [0.2, 0.25) is 0 Å². The van der Waals surface area contributed by atoms with Crippen molar-refractivity contribution in [1.82, 2.24) is 10.3 Å². The Labute approximate surface area is 138 Å². The third-order valence-corrected chi connectivity index (χ3v) is 4.88. The van der Waals surface area contributed by atoms with Gasteiger partial charge in [0.05, 0.1) is 11.8 Å². The summed E-state index contributed by atoms with van der Waals surface area (Å²) in [5.74, 6) is 0.0180. The number of nitrogens with zero attached hydrogens (tertiary/aromatic N) is 2. The second-order valence-electron chi connectivity index (χ2n) is 6.69. The normalized spacial score (nSPS) is 27.7. The average Bonchev–Trinajstić information content (AvgIpc) is 2.86. The highest BCUT2D eigenvalue weighted by atomic mass is 19.4. The molecule has 0 aromatic carbocycles. The van der Waals surface area contributed by atoms with Gasteiger partial charge in [-0.1, -0.05) is 0 Å². The summed E-state index contributed by atoms with van der Waals surface area (Å²) in [5.41, 5.74) is 3.98. The standard InChI is InChI=1S/C16H20F3N3O2/c1-10(23)22-5-3-11(4-6-22)13-7-12(24-16(17,18)19)8-15(2)14(13)9-20-21-15/h7,9,11,21H,3-6,8H2,1-2H3. The first-order chi connectivity index (χ1) is 11.2. The zero-order valence-electron chi connectivity index (χ0n) is 13.6. The molecule has 1 unspecified atom stereocenters. The maximum absolute atomic E-state index is 12.6. The van der Waals surface area contributed by atoms with Crippen LogP contribution in [0.15, 0.2) is 28.1 Å². The summed E-state index contributed by atoms with van der Waals surface area (Å²) in [7, 11) is 0. The highest BCUT2D eigenvalue weighted by molar-refractivity contribution is 5.86. The smallest absolute Gasteiger partial charge is 0.410 e. The third-order valence-electron chi connectivity index (χ3n) is 4.88. The molecule has 0 spiro atoms. The molecule has 1 saturated heterocycles. The first-order valence-electron chi connectivity index (χ1n) is 7.95. The van der Waals surface area contributed by atoms with E-state index in [-0.39, 0.29) is 24.0 Å². The summed E-state index contributed by atoms with van der Waals surface area (Å²) >= 11 is 0. The lowest BCUT2D eigenvalue weighted by Gasteiger charge is -2.37. The Hall–Kier alpha value is -1.99. The van der Waals surface area contributed by atoms with Crippen LogP contribution in [0, 0.1) is 5.92 Å². The van der Waals surface area contributed by atoms with Gasteiger partial charge in [0, 0.05) is 32.0 Å². The van der Waals surface area contributed by atoms with Crippen LogP contribution in [0.1, 0.15) is 33.1 Å². The van der Waals surface area contributed by atoms with Gasteiger partial charge in [-0.05, 0) is 37.3 Å². The summed E-state index contributed by atoms with van der Waals surface area (Å²) in [6.45, 7) is 4.58. The van der Waals surface area contributed by atoms with Crippen LogP contribution >= 0.6 is 0 Å². The van der Waals surface area contributed by atoms with E-state index in [1.807, 2.05) is 6.92 Å². The second kappa shape index (κ2) is 5.82. The number of halogens is 3. The Morgan fingerprint density at radius 2 is 2.08 bits per heavy atom. The van der Waals surface area contributed by atoms with Crippen molar-refractivity contribution in [3.05, 3.63) is 23.0 Å². The molecule has 2 aliphatic heterocycles. The maximum atomic E-state index is 12.6. The van der Waals surface area contributed by atoms with E-state index >= 15 is 0 Å². The molecular formula is C16H20F3N3O2. The van der Waals surface area contributed by atoms with Crippen LogP contribution in [-0.2, 0) is 9.53 Å². The predicted octanol–water partition coefficient (Wildman–Crippen LogP) is 2.71. The number of likely N-dealkylation sites (tertiary alicyclic amines) is 1. The van der Waals surface area contributed by atoms with Gasteiger partial charge in [0.1, 0.15) is 5.76 Å². The van der Waals surface area contributed by atoms with Gasteiger partial charge in [0.15, 0.2) is 0 Å². The number of ether oxygens (including phenoxy) is 1. The zero-order chi connectivity index (χ0) is 17.5. The molecule has 1 amide bonds. The van der Waals surface area contributed by atoms with Crippen molar-refractivity contribution < 1.29 is 22.7 Å². The van der Waals surface area contributed by atoms with E-state index in [0.717, 1.165) is 24.0 Å². The molecule has 1 fully saturated rings. The largest absolute Gasteiger partial charge is 0.572 e. The first-order valence-corrected chi connectivity index (χ1v) is 7.95. The Kier molecular flexibility index (Phi) is 4.09. The van der Waals surface area contributed by atoms with Gasteiger partial charge >= 0.3 is 6.36 Å². The number of hydrogen-bond donors (Lipinski definition) is 1. The summed E-state index contributed by atoms with van der Waals surface area (Å²) in [4.78, 5) is 13.2. The van der Waals surface area contributed by atoms with Gasteiger partial charge in [0.25, 0.3) is 0 Å². The van der Waals surface area contributed by atoms with Crippen molar-refractivity contribution in [2.45, 2.75) is 45.0 Å². The first kappa shape index (κ1) is 16.9. The summed E-state index contributed by atoms with van der Waals surface area (Å²) in [6, 6.07) is 0. The lowest BCUT2D eigenvalue weighted by molar-refractivity contribution is -0.307. The maximum Gasteiger partial charge on any atom is 0.572 e. The van der Waals surface area contributed by atoms with Gasteiger partial charge < -0.3 is 9.64 Å². The number of carbonyl (C=O) groups is 1. The average molecular weight is 343 g/mol. The van der Waals surface area contributed by atoms with Crippen LogP contribution in [0.5, 0.6) is 0 Å². The number of nitrogens with one attached hydrogen (secondary N) is 1. The number of hydrazone groups is 1. The van der Waals surface area contributed by atoms with E-state index < -0.39 is 11.9 Å². The van der Waals surface area contributed by atoms with E-state index in [2.05, 4.69) is 15.3 Å². The van der Waals surface area contributed by atoms with E-state index in [1.165, 1.54) is 13.0 Å². The van der Waals surface area contributed by atoms with Crippen LogP contribution in [0.25, 0.3) is 0 Å². The quantitative estimate of drug-likeness (QED) is 0.839. The van der Waals surface area contributed by atoms with Crippen LogP contribution in [0.4, 0.5) is 13.2 Å². The third kappa shape index (κ3) is 3.27. The monoisotopic (exact) mass is 343 g/mol. The number of amides is 1. The SMILES string of the molecule is CC(=O)N1CCC(C2=C3C=NNC3(C)CC(OC(F)(F)F)=C2)CC1. The van der Waals surface area contributed by atoms with E-state index in [0.29, 0.717) is 13.1 Å². The molecule has 132 valence electrons. The fourth-order valence-corrected chi connectivity index (χ4v) is 3.68. The Morgan fingerprint density at radius 1 is 1.42 bits per heavy atom. The molecule has 1 atom stereocenters. The Balaban J connectivity index is 1.87. The van der Waals surface area contributed by atoms with Crippen molar-refractivity contribution in [2.24, 2.45) is 11.0 Å². The number of piperidine rings is 1. The molecule has 1 aliphatic carbocycles. The number of alkyl halides is 3. The number of carbonyl (C=O) groups excluding carboxylic acids is 1. The van der Waals surface area contributed by atoms with E-state index in [1.54, 1.807) is 11.1 Å². The summed E-state index contributed by atoms with van der Waals surface area (Å²) < 4.78 is 42.1. The lowest BCUT2D eigenvalue weighted by Crippen LogP contribution is -2.42. The van der Waals surface area contributed by atoms with Gasteiger partial charge in [0.2, 0.25) is 5.91 Å². The molecule has 0 bridgehead atoms. The molecular weight excluding hydrogens is 323 g/mol. The minimum Gasteiger partial charge on any atom is -0.410 e. The van der Waals surface area contributed by atoms with Gasteiger partial charge in [-0.15, -0.1) is 13.2 Å². The van der Waals surface area contributed by atoms with Crippen molar-refractivity contribution in [2.75, 3.05) is 13.1 Å². The molecule has 2 heterocycles. The number of rotatable bonds is 2. The fraction of sp³-hybridized carbons (Fsp3) is 0.625. The summed E-state index contributed by atoms with van der Waals surface area (Å²) in [6.07, 6.45) is 0.0292. The highest BCUT2D eigenvalue weighted by Crippen LogP contribution is 2.41. The van der Waals surface area contributed by atoms with Crippen LogP contribution < -0.4 is 5.43 Å². The van der Waals surface area contributed by atoms with Crippen molar-refractivity contribution >= 4 is 12.1 Å². The van der Waals surface area contributed by atoms with Crippen LogP contribution in [-0.4, -0.2) is 42.0 Å².